The van der Waals surface area contributed by atoms with Crippen LogP contribution >= 0.6 is 35.0 Å². The van der Waals surface area contributed by atoms with Crippen molar-refractivity contribution in [3.05, 3.63) is 33.8 Å². The molecule has 2 nitrogen and oxygen atoms in total. The minimum Gasteiger partial charge on any atom is -0.360 e. The summed E-state index contributed by atoms with van der Waals surface area (Å²) in [4.78, 5) is 4.66. The zero-order valence-corrected chi connectivity index (χ0v) is 14.2. The maximum absolute atomic E-state index is 6.17. The smallest absolute Gasteiger partial charge is 0.156 e. The van der Waals surface area contributed by atoms with E-state index in [4.69, 9.17) is 23.2 Å². The minimum atomic E-state index is 0.196. The van der Waals surface area contributed by atoms with Gasteiger partial charge in [-0.1, -0.05) is 48.0 Å². The average molecular weight is 331 g/mol. The minimum absolute atomic E-state index is 0.196. The number of rotatable bonds is 4. The summed E-state index contributed by atoms with van der Waals surface area (Å²) in [5, 5.41) is 6.01. The van der Waals surface area contributed by atoms with Gasteiger partial charge in [0.2, 0.25) is 0 Å². The SMILES string of the molecule is CCC1(C)CCSC(=NCCc2ccc(Cl)cc2Cl)N1. The number of halogens is 2. The van der Waals surface area contributed by atoms with Gasteiger partial charge in [-0.15, -0.1) is 0 Å². The Bertz CT molecular complexity index is 505. The first-order chi connectivity index (χ1) is 9.52. The Hall–Kier alpha value is -0.380. The molecular formula is C15H20Cl2N2S. The van der Waals surface area contributed by atoms with Crippen LogP contribution in [0.25, 0.3) is 0 Å². The van der Waals surface area contributed by atoms with Gasteiger partial charge in [-0.2, -0.15) is 0 Å². The Balaban J connectivity index is 1.93. The molecule has 2 rings (SSSR count). The molecule has 1 aliphatic rings. The van der Waals surface area contributed by atoms with E-state index in [0.29, 0.717) is 5.02 Å². The zero-order valence-electron chi connectivity index (χ0n) is 11.9. The summed E-state index contributed by atoms with van der Waals surface area (Å²) in [6, 6.07) is 5.63. The highest BCUT2D eigenvalue weighted by molar-refractivity contribution is 8.13. The molecule has 1 atom stereocenters. The van der Waals surface area contributed by atoms with Crippen LogP contribution in [-0.2, 0) is 6.42 Å². The Morgan fingerprint density at radius 1 is 1.40 bits per heavy atom. The lowest BCUT2D eigenvalue weighted by Crippen LogP contribution is -2.48. The van der Waals surface area contributed by atoms with Crippen molar-refractivity contribution in [2.75, 3.05) is 12.3 Å². The number of nitrogens with one attached hydrogen (secondary N) is 1. The fraction of sp³-hybridized carbons (Fsp3) is 0.533. The molecule has 1 N–H and O–H groups in total. The number of benzene rings is 1. The molecule has 0 bridgehead atoms. The summed E-state index contributed by atoms with van der Waals surface area (Å²) in [5.74, 6) is 1.14. The van der Waals surface area contributed by atoms with Crippen LogP contribution in [-0.4, -0.2) is 23.0 Å². The first kappa shape index (κ1) is 16.0. The maximum atomic E-state index is 6.17. The molecule has 1 saturated heterocycles. The molecule has 5 heteroatoms. The van der Waals surface area contributed by atoms with E-state index in [0.717, 1.165) is 40.9 Å². The van der Waals surface area contributed by atoms with Crippen molar-refractivity contribution >= 4 is 40.1 Å². The van der Waals surface area contributed by atoms with Crippen LogP contribution in [0.2, 0.25) is 10.0 Å². The molecule has 1 aliphatic heterocycles. The van der Waals surface area contributed by atoms with E-state index in [1.54, 1.807) is 6.07 Å². The topological polar surface area (TPSA) is 24.4 Å². The fourth-order valence-electron chi connectivity index (χ4n) is 2.08. The van der Waals surface area contributed by atoms with Gasteiger partial charge >= 0.3 is 0 Å². The van der Waals surface area contributed by atoms with Gasteiger partial charge in [0.1, 0.15) is 0 Å². The van der Waals surface area contributed by atoms with Crippen LogP contribution in [0.15, 0.2) is 23.2 Å². The summed E-state index contributed by atoms with van der Waals surface area (Å²) in [6.07, 6.45) is 3.15. The highest BCUT2D eigenvalue weighted by Crippen LogP contribution is 2.25. The third-order valence-electron chi connectivity index (χ3n) is 3.73. The van der Waals surface area contributed by atoms with Crippen molar-refractivity contribution in [1.82, 2.24) is 5.32 Å². The molecule has 1 aromatic carbocycles. The van der Waals surface area contributed by atoms with Gasteiger partial charge in [0.15, 0.2) is 5.17 Å². The molecule has 20 heavy (non-hydrogen) atoms. The molecular weight excluding hydrogens is 311 g/mol. The van der Waals surface area contributed by atoms with E-state index >= 15 is 0 Å². The van der Waals surface area contributed by atoms with E-state index in [1.165, 1.54) is 6.42 Å². The number of nitrogens with zero attached hydrogens (tertiary/aromatic N) is 1. The fourth-order valence-corrected chi connectivity index (χ4v) is 3.83. The van der Waals surface area contributed by atoms with Crippen LogP contribution in [0.4, 0.5) is 0 Å². The summed E-state index contributed by atoms with van der Waals surface area (Å²) in [6.45, 7) is 5.23. The molecule has 1 fully saturated rings. The largest absolute Gasteiger partial charge is 0.360 e. The zero-order chi connectivity index (χ0) is 14.6. The normalized spacial score (nSPS) is 24.7. The molecule has 1 unspecified atom stereocenters. The average Bonchev–Trinajstić information content (AvgIpc) is 2.41. The van der Waals surface area contributed by atoms with Gasteiger partial charge in [-0.3, -0.25) is 4.99 Å². The standard InChI is InChI=1S/C15H20Cl2N2S/c1-3-15(2)7-9-20-14(19-15)18-8-6-11-4-5-12(16)10-13(11)17/h4-5,10H,3,6-9H2,1-2H3,(H,18,19). The predicted molar refractivity (Wildman–Crippen MR) is 91.4 cm³/mol. The van der Waals surface area contributed by atoms with Crippen LogP contribution in [0, 0.1) is 0 Å². The Kier molecular flexibility index (Phi) is 5.65. The lowest BCUT2D eigenvalue weighted by atomic mass is 9.96. The molecule has 0 amide bonds. The van der Waals surface area contributed by atoms with E-state index < -0.39 is 0 Å². The van der Waals surface area contributed by atoms with Gasteiger partial charge in [0.25, 0.3) is 0 Å². The lowest BCUT2D eigenvalue weighted by molar-refractivity contribution is 0.390. The Labute approximate surface area is 135 Å². The molecule has 0 aromatic heterocycles. The monoisotopic (exact) mass is 330 g/mol. The Morgan fingerprint density at radius 2 is 2.20 bits per heavy atom. The molecule has 0 radical (unpaired) electrons. The highest BCUT2D eigenvalue weighted by Gasteiger charge is 2.27. The second-order valence-electron chi connectivity index (χ2n) is 5.31. The van der Waals surface area contributed by atoms with Crippen molar-refractivity contribution in [2.24, 2.45) is 4.99 Å². The summed E-state index contributed by atoms with van der Waals surface area (Å²) < 4.78 is 0. The summed E-state index contributed by atoms with van der Waals surface area (Å²) in [7, 11) is 0. The van der Waals surface area contributed by atoms with Crippen molar-refractivity contribution in [2.45, 2.75) is 38.6 Å². The van der Waals surface area contributed by atoms with Gasteiger partial charge in [-0.05, 0) is 43.9 Å². The van der Waals surface area contributed by atoms with Crippen molar-refractivity contribution in [3.8, 4) is 0 Å². The molecule has 1 aromatic rings. The van der Waals surface area contributed by atoms with E-state index in [-0.39, 0.29) is 5.54 Å². The molecule has 0 aliphatic carbocycles. The number of hydrogen-bond acceptors (Lipinski definition) is 2. The van der Waals surface area contributed by atoms with Gasteiger partial charge in [0, 0.05) is 27.9 Å². The van der Waals surface area contributed by atoms with Gasteiger partial charge < -0.3 is 5.32 Å². The van der Waals surface area contributed by atoms with Crippen LogP contribution in [0.1, 0.15) is 32.3 Å². The molecule has 0 spiro atoms. The second-order valence-corrected chi connectivity index (χ2v) is 7.24. The van der Waals surface area contributed by atoms with Crippen LogP contribution < -0.4 is 5.32 Å². The molecule has 110 valence electrons. The van der Waals surface area contributed by atoms with Crippen LogP contribution in [0.3, 0.4) is 0 Å². The van der Waals surface area contributed by atoms with Crippen molar-refractivity contribution < 1.29 is 0 Å². The first-order valence-corrected chi connectivity index (χ1v) is 8.66. The number of thioether (sulfide) groups is 1. The number of aliphatic imine (C=N–C) groups is 1. The third kappa shape index (κ3) is 4.31. The number of amidine groups is 1. The highest BCUT2D eigenvalue weighted by atomic mass is 35.5. The van der Waals surface area contributed by atoms with Gasteiger partial charge in [-0.25, -0.2) is 0 Å². The van der Waals surface area contributed by atoms with Crippen molar-refractivity contribution in [1.29, 1.82) is 0 Å². The molecule has 0 saturated carbocycles. The second kappa shape index (κ2) is 7.06. The third-order valence-corrected chi connectivity index (χ3v) is 5.23. The van der Waals surface area contributed by atoms with E-state index in [1.807, 2.05) is 23.9 Å². The lowest BCUT2D eigenvalue weighted by Gasteiger charge is -2.35. The number of hydrogen-bond donors (Lipinski definition) is 1. The summed E-state index contributed by atoms with van der Waals surface area (Å²) in [5.41, 5.74) is 1.29. The van der Waals surface area contributed by atoms with Gasteiger partial charge in [0.05, 0.1) is 0 Å². The Morgan fingerprint density at radius 3 is 2.90 bits per heavy atom. The van der Waals surface area contributed by atoms with E-state index in [9.17, 15) is 0 Å². The molecule has 1 heterocycles. The van der Waals surface area contributed by atoms with Crippen LogP contribution in [0.5, 0.6) is 0 Å². The predicted octanol–water partition coefficient (Wildman–Crippen LogP) is 4.79. The summed E-state index contributed by atoms with van der Waals surface area (Å²) >= 11 is 13.9. The van der Waals surface area contributed by atoms with E-state index in [2.05, 4.69) is 24.2 Å². The first-order valence-electron chi connectivity index (χ1n) is 6.92. The quantitative estimate of drug-likeness (QED) is 0.858. The van der Waals surface area contributed by atoms with Crippen molar-refractivity contribution in [3.63, 3.8) is 0 Å². The maximum Gasteiger partial charge on any atom is 0.156 e.